The van der Waals surface area contributed by atoms with Gasteiger partial charge in [-0.3, -0.25) is 4.79 Å². The second-order valence-electron chi connectivity index (χ2n) is 7.01. The molecule has 3 amide bonds. The van der Waals surface area contributed by atoms with Crippen LogP contribution in [0.1, 0.15) is 44.6 Å². The summed E-state index contributed by atoms with van der Waals surface area (Å²) >= 11 is 5.98. The predicted molar refractivity (Wildman–Crippen MR) is 98.8 cm³/mol. The molecule has 0 atom stereocenters. The lowest BCUT2D eigenvalue weighted by atomic mass is 9.63. The molecule has 2 N–H and O–H groups in total. The van der Waals surface area contributed by atoms with Crippen molar-refractivity contribution in [3.05, 3.63) is 34.9 Å². The highest BCUT2D eigenvalue weighted by Gasteiger charge is 2.46. The van der Waals surface area contributed by atoms with Crippen LogP contribution in [0.15, 0.2) is 24.3 Å². The van der Waals surface area contributed by atoms with Gasteiger partial charge in [0.05, 0.1) is 5.41 Å². The van der Waals surface area contributed by atoms with Gasteiger partial charge in [0.2, 0.25) is 5.91 Å². The van der Waals surface area contributed by atoms with Crippen LogP contribution in [0.5, 0.6) is 0 Å². The first-order valence-corrected chi connectivity index (χ1v) is 9.53. The SMILES string of the molecule is CCNC(=O)N1CCC(NC(=O)C2(c3ccc(Cl)cc3)CCC2)CC1. The van der Waals surface area contributed by atoms with Crippen molar-refractivity contribution < 1.29 is 9.59 Å². The van der Waals surface area contributed by atoms with Crippen molar-refractivity contribution in [1.82, 2.24) is 15.5 Å². The number of hydrogen-bond acceptors (Lipinski definition) is 2. The molecule has 1 saturated heterocycles. The topological polar surface area (TPSA) is 61.4 Å². The van der Waals surface area contributed by atoms with E-state index in [4.69, 9.17) is 11.6 Å². The summed E-state index contributed by atoms with van der Waals surface area (Å²) in [6.07, 6.45) is 4.46. The maximum Gasteiger partial charge on any atom is 0.317 e. The summed E-state index contributed by atoms with van der Waals surface area (Å²) in [6, 6.07) is 7.79. The first-order valence-electron chi connectivity index (χ1n) is 9.15. The van der Waals surface area contributed by atoms with Crippen LogP contribution in [0.2, 0.25) is 5.02 Å². The van der Waals surface area contributed by atoms with Gasteiger partial charge in [-0.05, 0) is 50.3 Å². The molecule has 2 aliphatic rings. The monoisotopic (exact) mass is 363 g/mol. The Kier molecular flexibility index (Phi) is 5.52. The number of hydrogen-bond donors (Lipinski definition) is 2. The molecule has 136 valence electrons. The second-order valence-corrected chi connectivity index (χ2v) is 7.45. The van der Waals surface area contributed by atoms with Gasteiger partial charge in [-0.2, -0.15) is 0 Å². The number of carbonyl (C=O) groups excluding carboxylic acids is 2. The van der Waals surface area contributed by atoms with Gasteiger partial charge in [-0.1, -0.05) is 30.2 Å². The van der Waals surface area contributed by atoms with Gasteiger partial charge in [-0.25, -0.2) is 4.79 Å². The standard InChI is InChI=1S/C19H26ClN3O2/c1-2-21-18(25)23-12-8-16(9-13-23)22-17(24)19(10-3-11-19)14-4-6-15(20)7-5-14/h4-7,16H,2-3,8-13H2,1H3,(H,21,25)(H,22,24). The fourth-order valence-corrected chi connectivity index (χ4v) is 3.89. The summed E-state index contributed by atoms with van der Waals surface area (Å²) in [5.41, 5.74) is 0.654. The number of likely N-dealkylation sites (tertiary alicyclic amines) is 1. The number of carbonyl (C=O) groups is 2. The number of rotatable bonds is 4. The lowest BCUT2D eigenvalue weighted by Gasteiger charge is -2.42. The number of benzene rings is 1. The second kappa shape index (κ2) is 7.65. The maximum atomic E-state index is 13.0. The summed E-state index contributed by atoms with van der Waals surface area (Å²) in [7, 11) is 0. The number of halogens is 1. The smallest absolute Gasteiger partial charge is 0.317 e. The highest BCUT2D eigenvalue weighted by Crippen LogP contribution is 2.44. The molecule has 1 aliphatic heterocycles. The zero-order valence-corrected chi connectivity index (χ0v) is 15.4. The van der Waals surface area contributed by atoms with Crippen molar-refractivity contribution in [2.75, 3.05) is 19.6 Å². The molecule has 0 aromatic heterocycles. The van der Waals surface area contributed by atoms with Gasteiger partial charge in [0.25, 0.3) is 0 Å². The fraction of sp³-hybridized carbons (Fsp3) is 0.579. The van der Waals surface area contributed by atoms with E-state index in [2.05, 4.69) is 10.6 Å². The third kappa shape index (κ3) is 3.76. The maximum absolute atomic E-state index is 13.0. The zero-order chi connectivity index (χ0) is 17.9. The molecular weight excluding hydrogens is 338 g/mol. The highest BCUT2D eigenvalue weighted by atomic mass is 35.5. The molecule has 1 heterocycles. The van der Waals surface area contributed by atoms with Crippen molar-refractivity contribution in [3.8, 4) is 0 Å². The largest absolute Gasteiger partial charge is 0.352 e. The first-order chi connectivity index (χ1) is 12.0. The lowest BCUT2D eigenvalue weighted by Crippen LogP contribution is -2.55. The van der Waals surface area contributed by atoms with Gasteiger partial charge in [0.15, 0.2) is 0 Å². The van der Waals surface area contributed by atoms with Crippen LogP contribution in [-0.4, -0.2) is 42.5 Å². The normalized spacial score (nSPS) is 19.8. The van der Waals surface area contributed by atoms with Crippen molar-refractivity contribution in [3.63, 3.8) is 0 Å². The molecule has 0 unspecified atom stereocenters. The zero-order valence-electron chi connectivity index (χ0n) is 14.7. The number of nitrogens with one attached hydrogen (secondary N) is 2. The first kappa shape index (κ1) is 18.1. The van der Waals surface area contributed by atoms with E-state index < -0.39 is 5.41 Å². The highest BCUT2D eigenvalue weighted by molar-refractivity contribution is 6.30. The Hall–Kier alpha value is -1.75. The van der Waals surface area contributed by atoms with Crippen LogP contribution in [0.4, 0.5) is 4.79 Å². The summed E-state index contributed by atoms with van der Waals surface area (Å²) in [6.45, 7) is 3.92. The van der Waals surface area contributed by atoms with Gasteiger partial charge in [0.1, 0.15) is 0 Å². The molecule has 1 aromatic carbocycles. The molecule has 2 fully saturated rings. The molecule has 3 rings (SSSR count). The Morgan fingerprint density at radius 2 is 1.84 bits per heavy atom. The number of piperidine rings is 1. The third-order valence-corrected chi connectivity index (χ3v) is 5.74. The Labute approximate surface area is 154 Å². The van der Waals surface area contributed by atoms with Crippen LogP contribution < -0.4 is 10.6 Å². The number of amides is 3. The molecule has 0 radical (unpaired) electrons. The molecular formula is C19H26ClN3O2. The quantitative estimate of drug-likeness (QED) is 0.863. The van der Waals surface area contributed by atoms with Crippen LogP contribution in [0, 0.1) is 0 Å². The summed E-state index contributed by atoms with van der Waals surface area (Å²) < 4.78 is 0. The fourth-order valence-electron chi connectivity index (χ4n) is 3.76. The van der Waals surface area contributed by atoms with E-state index in [0.29, 0.717) is 24.7 Å². The Morgan fingerprint density at radius 1 is 1.20 bits per heavy atom. The summed E-state index contributed by atoms with van der Waals surface area (Å²) in [4.78, 5) is 26.7. The van der Waals surface area contributed by atoms with E-state index in [-0.39, 0.29) is 18.0 Å². The molecule has 1 saturated carbocycles. The van der Waals surface area contributed by atoms with E-state index >= 15 is 0 Å². The van der Waals surface area contributed by atoms with Gasteiger partial charge >= 0.3 is 6.03 Å². The summed E-state index contributed by atoms with van der Waals surface area (Å²) in [5.74, 6) is 0.123. The number of urea groups is 1. The van der Waals surface area contributed by atoms with E-state index in [9.17, 15) is 9.59 Å². The molecule has 1 aliphatic carbocycles. The van der Waals surface area contributed by atoms with E-state index in [0.717, 1.165) is 37.7 Å². The van der Waals surface area contributed by atoms with Crippen LogP contribution >= 0.6 is 11.6 Å². The van der Waals surface area contributed by atoms with Crippen molar-refractivity contribution >= 4 is 23.5 Å². The minimum Gasteiger partial charge on any atom is -0.352 e. The van der Waals surface area contributed by atoms with Crippen molar-refractivity contribution in [1.29, 1.82) is 0 Å². The van der Waals surface area contributed by atoms with E-state index in [1.165, 1.54) is 0 Å². The van der Waals surface area contributed by atoms with Gasteiger partial charge in [-0.15, -0.1) is 0 Å². The third-order valence-electron chi connectivity index (χ3n) is 5.48. The molecule has 6 heteroatoms. The minimum atomic E-state index is -0.401. The Bertz CT molecular complexity index is 620. The molecule has 1 aromatic rings. The van der Waals surface area contributed by atoms with Gasteiger partial charge < -0.3 is 15.5 Å². The van der Waals surface area contributed by atoms with E-state index in [1.807, 2.05) is 36.1 Å². The summed E-state index contributed by atoms with van der Waals surface area (Å²) in [5, 5.41) is 6.76. The number of nitrogens with zero attached hydrogens (tertiary/aromatic N) is 1. The predicted octanol–water partition coefficient (Wildman–Crippen LogP) is 3.07. The average Bonchev–Trinajstić information content (AvgIpc) is 2.56. The molecule has 0 spiro atoms. The Balaban J connectivity index is 1.59. The Morgan fingerprint density at radius 3 is 2.36 bits per heavy atom. The molecule has 5 nitrogen and oxygen atoms in total. The lowest BCUT2D eigenvalue weighted by molar-refractivity contribution is -0.131. The average molecular weight is 364 g/mol. The van der Waals surface area contributed by atoms with Gasteiger partial charge in [0, 0.05) is 30.7 Å². The van der Waals surface area contributed by atoms with Crippen molar-refractivity contribution in [2.45, 2.75) is 50.5 Å². The van der Waals surface area contributed by atoms with Crippen LogP contribution in [-0.2, 0) is 10.2 Å². The van der Waals surface area contributed by atoms with Crippen molar-refractivity contribution in [2.24, 2.45) is 0 Å². The van der Waals surface area contributed by atoms with Crippen LogP contribution in [0.25, 0.3) is 0 Å². The van der Waals surface area contributed by atoms with Crippen LogP contribution in [0.3, 0.4) is 0 Å². The van der Waals surface area contributed by atoms with E-state index in [1.54, 1.807) is 0 Å². The minimum absolute atomic E-state index is 0.0103. The molecule has 0 bridgehead atoms. The molecule has 25 heavy (non-hydrogen) atoms.